The van der Waals surface area contributed by atoms with Gasteiger partial charge in [-0.05, 0) is 45.5 Å². The van der Waals surface area contributed by atoms with Gasteiger partial charge in [0.2, 0.25) is 0 Å². The standard InChI is InChI=1S/C15H26N4O2/c1-4-18(5-2)10-6-7-12(3)17-15-9-8-13(19(20)21)11-14(15)16/h8-9,11-12,17H,4-7,10,16H2,1-3H3. The van der Waals surface area contributed by atoms with Gasteiger partial charge < -0.3 is 16.0 Å². The van der Waals surface area contributed by atoms with Crippen molar-refractivity contribution in [3.8, 4) is 0 Å². The molecule has 6 heteroatoms. The summed E-state index contributed by atoms with van der Waals surface area (Å²) in [4.78, 5) is 12.6. The van der Waals surface area contributed by atoms with Crippen molar-refractivity contribution >= 4 is 17.1 Å². The van der Waals surface area contributed by atoms with Gasteiger partial charge in [0.1, 0.15) is 0 Å². The van der Waals surface area contributed by atoms with Gasteiger partial charge >= 0.3 is 0 Å². The number of nitrogens with zero attached hydrogens (tertiary/aromatic N) is 2. The number of nitro groups is 1. The monoisotopic (exact) mass is 294 g/mol. The summed E-state index contributed by atoms with van der Waals surface area (Å²) in [7, 11) is 0. The number of nitrogens with two attached hydrogens (primary N) is 1. The molecule has 0 heterocycles. The minimum Gasteiger partial charge on any atom is -0.397 e. The van der Waals surface area contributed by atoms with Gasteiger partial charge in [-0.2, -0.15) is 0 Å². The normalized spacial score (nSPS) is 12.4. The van der Waals surface area contributed by atoms with Gasteiger partial charge in [0.05, 0.1) is 16.3 Å². The number of anilines is 2. The summed E-state index contributed by atoms with van der Waals surface area (Å²) in [5.41, 5.74) is 7.05. The Bertz CT molecular complexity index is 461. The van der Waals surface area contributed by atoms with Crippen LogP contribution in [0.2, 0.25) is 0 Å². The molecule has 0 saturated heterocycles. The van der Waals surface area contributed by atoms with Crippen LogP contribution < -0.4 is 11.1 Å². The number of benzene rings is 1. The van der Waals surface area contributed by atoms with Crippen molar-refractivity contribution in [3.05, 3.63) is 28.3 Å². The van der Waals surface area contributed by atoms with E-state index in [1.807, 2.05) is 0 Å². The Kier molecular flexibility index (Phi) is 6.94. The molecule has 3 N–H and O–H groups in total. The molecule has 0 aliphatic heterocycles. The van der Waals surface area contributed by atoms with Crippen molar-refractivity contribution in [2.24, 2.45) is 0 Å². The highest BCUT2D eigenvalue weighted by molar-refractivity contribution is 5.69. The fourth-order valence-corrected chi connectivity index (χ4v) is 2.29. The summed E-state index contributed by atoms with van der Waals surface area (Å²) in [5.74, 6) is 0. The SMILES string of the molecule is CCN(CC)CCCC(C)Nc1ccc([N+](=O)[O-])cc1N. The van der Waals surface area contributed by atoms with Crippen LogP contribution in [-0.2, 0) is 0 Å². The van der Waals surface area contributed by atoms with Crippen LogP contribution in [0.3, 0.4) is 0 Å². The first-order chi connectivity index (χ1) is 9.97. The molecular formula is C15H26N4O2. The molecule has 6 nitrogen and oxygen atoms in total. The molecule has 1 atom stereocenters. The van der Waals surface area contributed by atoms with Crippen LogP contribution in [-0.4, -0.2) is 35.5 Å². The molecule has 0 amide bonds. The molecule has 1 aromatic carbocycles. The van der Waals surface area contributed by atoms with Crippen molar-refractivity contribution < 1.29 is 4.92 Å². The fraction of sp³-hybridized carbons (Fsp3) is 0.600. The third-order valence-electron chi connectivity index (χ3n) is 3.65. The molecule has 1 unspecified atom stereocenters. The van der Waals surface area contributed by atoms with E-state index in [0.717, 1.165) is 38.2 Å². The summed E-state index contributed by atoms with van der Waals surface area (Å²) in [6.07, 6.45) is 2.15. The van der Waals surface area contributed by atoms with Crippen LogP contribution in [0.4, 0.5) is 17.1 Å². The summed E-state index contributed by atoms with van der Waals surface area (Å²) >= 11 is 0. The molecule has 0 radical (unpaired) electrons. The van der Waals surface area contributed by atoms with Crippen LogP contribution in [0.15, 0.2) is 18.2 Å². The van der Waals surface area contributed by atoms with Crippen molar-refractivity contribution in [3.63, 3.8) is 0 Å². The summed E-state index contributed by atoms with van der Waals surface area (Å²) < 4.78 is 0. The first-order valence-electron chi connectivity index (χ1n) is 7.50. The van der Waals surface area contributed by atoms with E-state index in [4.69, 9.17) is 5.73 Å². The highest BCUT2D eigenvalue weighted by atomic mass is 16.6. The zero-order valence-electron chi connectivity index (χ0n) is 13.1. The van der Waals surface area contributed by atoms with Crippen molar-refractivity contribution in [2.45, 2.75) is 39.7 Å². The van der Waals surface area contributed by atoms with Crippen LogP contribution >= 0.6 is 0 Å². The van der Waals surface area contributed by atoms with E-state index < -0.39 is 4.92 Å². The zero-order chi connectivity index (χ0) is 15.8. The number of hydrogen-bond acceptors (Lipinski definition) is 5. The van der Waals surface area contributed by atoms with Gasteiger partial charge in [-0.3, -0.25) is 10.1 Å². The molecule has 0 aromatic heterocycles. The lowest BCUT2D eigenvalue weighted by Crippen LogP contribution is -2.25. The number of rotatable bonds is 9. The zero-order valence-corrected chi connectivity index (χ0v) is 13.1. The quantitative estimate of drug-likeness (QED) is 0.415. The van der Waals surface area contributed by atoms with Crippen LogP contribution in [0.25, 0.3) is 0 Å². The maximum Gasteiger partial charge on any atom is 0.271 e. The third-order valence-corrected chi connectivity index (χ3v) is 3.65. The number of hydrogen-bond donors (Lipinski definition) is 2. The Labute approximate surface area is 126 Å². The second-order valence-corrected chi connectivity index (χ2v) is 5.24. The predicted molar refractivity (Wildman–Crippen MR) is 87.6 cm³/mol. The minimum absolute atomic E-state index is 0.0206. The molecular weight excluding hydrogens is 268 g/mol. The molecule has 118 valence electrons. The average Bonchev–Trinajstić information content (AvgIpc) is 2.45. The van der Waals surface area contributed by atoms with Crippen LogP contribution in [0, 0.1) is 10.1 Å². The average molecular weight is 294 g/mol. The lowest BCUT2D eigenvalue weighted by molar-refractivity contribution is -0.384. The summed E-state index contributed by atoms with van der Waals surface area (Å²) in [6, 6.07) is 4.82. The van der Waals surface area contributed by atoms with Gasteiger partial charge in [-0.15, -0.1) is 0 Å². The van der Waals surface area contributed by atoms with Gasteiger partial charge in [0, 0.05) is 18.2 Å². The van der Waals surface area contributed by atoms with E-state index in [9.17, 15) is 10.1 Å². The molecule has 1 rings (SSSR count). The maximum absolute atomic E-state index is 10.7. The highest BCUT2D eigenvalue weighted by Crippen LogP contribution is 2.25. The van der Waals surface area contributed by atoms with Gasteiger partial charge in [-0.25, -0.2) is 0 Å². The van der Waals surface area contributed by atoms with Gasteiger partial charge in [0.25, 0.3) is 5.69 Å². The minimum atomic E-state index is -0.437. The largest absolute Gasteiger partial charge is 0.397 e. The molecule has 0 bridgehead atoms. The molecule has 0 saturated carbocycles. The Morgan fingerprint density at radius 2 is 2.05 bits per heavy atom. The number of nitro benzene ring substituents is 1. The second-order valence-electron chi connectivity index (χ2n) is 5.24. The molecule has 0 aliphatic carbocycles. The first-order valence-corrected chi connectivity index (χ1v) is 7.50. The van der Waals surface area contributed by atoms with Gasteiger partial charge in [0.15, 0.2) is 0 Å². The molecule has 1 aromatic rings. The molecule has 21 heavy (non-hydrogen) atoms. The number of nitrogen functional groups attached to an aromatic ring is 1. The van der Waals surface area contributed by atoms with Crippen molar-refractivity contribution in [2.75, 3.05) is 30.7 Å². The summed E-state index contributed by atoms with van der Waals surface area (Å²) in [5, 5.41) is 14.0. The molecule has 0 spiro atoms. The Morgan fingerprint density at radius 1 is 1.38 bits per heavy atom. The summed E-state index contributed by atoms with van der Waals surface area (Å²) in [6.45, 7) is 9.69. The second kappa shape index (κ2) is 8.46. The topological polar surface area (TPSA) is 84.4 Å². The van der Waals surface area contributed by atoms with E-state index in [1.165, 1.54) is 12.1 Å². The van der Waals surface area contributed by atoms with Gasteiger partial charge in [-0.1, -0.05) is 13.8 Å². The Balaban J connectivity index is 2.47. The van der Waals surface area contributed by atoms with Crippen molar-refractivity contribution in [1.82, 2.24) is 4.90 Å². The lowest BCUT2D eigenvalue weighted by Gasteiger charge is -2.20. The predicted octanol–water partition coefficient (Wildman–Crippen LogP) is 3.10. The molecule has 0 fully saturated rings. The van der Waals surface area contributed by atoms with E-state index in [0.29, 0.717) is 5.69 Å². The first kappa shape index (κ1) is 17.2. The fourth-order valence-electron chi connectivity index (χ4n) is 2.29. The van der Waals surface area contributed by atoms with Crippen molar-refractivity contribution in [1.29, 1.82) is 0 Å². The lowest BCUT2D eigenvalue weighted by atomic mass is 10.1. The van der Waals surface area contributed by atoms with Crippen LogP contribution in [0.5, 0.6) is 0 Å². The number of non-ortho nitro benzene ring substituents is 1. The highest BCUT2D eigenvalue weighted by Gasteiger charge is 2.10. The van der Waals surface area contributed by atoms with E-state index in [-0.39, 0.29) is 11.7 Å². The molecule has 0 aliphatic rings. The Morgan fingerprint density at radius 3 is 2.57 bits per heavy atom. The van der Waals surface area contributed by atoms with Crippen LogP contribution in [0.1, 0.15) is 33.6 Å². The third kappa shape index (κ3) is 5.59. The maximum atomic E-state index is 10.7. The Hall–Kier alpha value is -1.82. The van der Waals surface area contributed by atoms with E-state index >= 15 is 0 Å². The van der Waals surface area contributed by atoms with E-state index in [1.54, 1.807) is 6.07 Å². The van der Waals surface area contributed by atoms with E-state index in [2.05, 4.69) is 31.0 Å². The smallest absolute Gasteiger partial charge is 0.271 e. The number of nitrogens with one attached hydrogen (secondary N) is 1.